The second kappa shape index (κ2) is 3.36. The quantitative estimate of drug-likeness (QED) is 0.672. The van der Waals surface area contributed by atoms with E-state index in [9.17, 15) is 10.2 Å². The summed E-state index contributed by atoms with van der Waals surface area (Å²) in [5.74, 6) is 0.112. The Kier molecular flexibility index (Phi) is 2.59. The number of phenolic OH excluding ortho intramolecular Hbond substituents is 1. The number of hydrogen-bond donors (Lipinski definition) is 2. The third-order valence-corrected chi connectivity index (χ3v) is 2.29. The first kappa shape index (κ1) is 10.0. The van der Waals surface area contributed by atoms with Gasteiger partial charge < -0.3 is 10.2 Å². The standard InChI is InChI=1S/C10H15NO2/c1-10(13,11(2)3)8-6-4-5-7-9(8)12/h4-7,12-13H,1-3H3. The van der Waals surface area contributed by atoms with Gasteiger partial charge in [-0.1, -0.05) is 18.2 Å². The zero-order valence-electron chi connectivity index (χ0n) is 8.15. The van der Waals surface area contributed by atoms with Gasteiger partial charge >= 0.3 is 0 Å². The molecule has 0 spiro atoms. The van der Waals surface area contributed by atoms with Crippen molar-refractivity contribution in [1.82, 2.24) is 4.90 Å². The summed E-state index contributed by atoms with van der Waals surface area (Å²) in [6, 6.07) is 6.78. The third kappa shape index (κ3) is 1.82. The van der Waals surface area contributed by atoms with Gasteiger partial charge in [-0.15, -0.1) is 0 Å². The highest BCUT2D eigenvalue weighted by Gasteiger charge is 2.27. The number of hydrogen-bond acceptors (Lipinski definition) is 3. The van der Waals surface area contributed by atoms with Crippen LogP contribution < -0.4 is 0 Å². The lowest BCUT2D eigenvalue weighted by Crippen LogP contribution is -2.38. The molecule has 1 unspecified atom stereocenters. The van der Waals surface area contributed by atoms with Gasteiger partial charge in [0, 0.05) is 5.56 Å². The molecule has 0 saturated carbocycles. The minimum atomic E-state index is -1.13. The maximum absolute atomic E-state index is 10.0. The van der Waals surface area contributed by atoms with Gasteiger partial charge in [-0.3, -0.25) is 4.90 Å². The molecule has 1 aromatic carbocycles. The number of nitrogens with zero attached hydrogens (tertiary/aromatic N) is 1. The summed E-state index contributed by atoms with van der Waals surface area (Å²) in [6.45, 7) is 1.64. The number of aliphatic hydroxyl groups is 1. The van der Waals surface area contributed by atoms with E-state index in [1.165, 1.54) is 0 Å². The second-order valence-corrected chi connectivity index (χ2v) is 3.43. The van der Waals surface area contributed by atoms with Gasteiger partial charge in [-0.05, 0) is 27.1 Å². The van der Waals surface area contributed by atoms with Crippen LogP contribution in [-0.2, 0) is 5.72 Å². The minimum Gasteiger partial charge on any atom is -0.508 e. The monoisotopic (exact) mass is 181 g/mol. The van der Waals surface area contributed by atoms with E-state index in [1.54, 1.807) is 50.2 Å². The molecule has 0 bridgehead atoms. The van der Waals surface area contributed by atoms with E-state index in [2.05, 4.69) is 0 Å². The van der Waals surface area contributed by atoms with Crippen molar-refractivity contribution in [2.24, 2.45) is 0 Å². The number of aromatic hydroxyl groups is 1. The Balaban J connectivity index is 3.14. The van der Waals surface area contributed by atoms with Crippen molar-refractivity contribution in [2.75, 3.05) is 14.1 Å². The number of rotatable bonds is 2. The summed E-state index contributed by atoms with van der Waals surface area (Å²) in [4.78, 5) is 1.64. The van der Waals surface area contributed by atoms with Crippen molar-refractivity contribution in [2.45, 2.75) is 12.6 Å². The van der Waals surface area contributed by atoms with Crippen LogP contribution in [-0.4, -0.2) is 29.2 Å². The molecular formula is C10H15NO2. The van der Waals surface area contributed by atoms with Crippen LogP contribution >= 0.6 is 0 Å². The summed E-state index contributed by atoms with van der Waals surface area (Å²) in [6.07, 6.45) is 0. The van der Waals surface area contributed by atoms with Crippen LogP contribution in [0.4, 0.5) is 0 Å². The first-order valence-corrected chi connectivity index (χ1v) is 4.14. The molecule has 2 N–H and O–H groups in total. The molecule has 1 atom stereocenters. The third-order valence-electron chi connectivity index (χ3n) is 2.29. The summed E-state index contributed by atoms with van der Waals surface area (Å²) >= 11 is 0. The second-order valence-electron chi connectivity index (χ2n) is 3.43. The van der Waals surface area contributed by atoms with Crippen molar-refractivity contribution in [1.29, 1.82) is 0 Å². The largest absolute Gasteiger partial charge is 0.508 e. The van der Waals surface area contributed by atoms with Crippen molar-refractivity contribution in [3.8, 4) is 5.75 Å². The molecular weight excluding hydrogens is 166 g/mol. The Morgan fingerprint density at radius 1 is 1.23 bits per heavy atom. The van der Waals surface area contributed by atoms with Crippen LogP contribution in [0, 0.1) is 0 Å². The highest BCUT2D eigenvalue weighted by Crippen LogP contribution is 2.29. The lowest BCUT2D eigenvalue weighted by molar-refractivity contribution is -0.0734. The van der Waals surface area contributed by atoms with E-state index in [0.29, 0.717) is 5.56 Å². The average molecular weight is 181 g/mol. The van der Waals surface area contributed by atoms with E-state index in [4.69, 9.17) is 0 Å². The van der Waals surface area contributed by atoms with Crippen LogP contribution in [0.15, 0.2) is 24.3 Å². The average Bonchev–Trinajstić information content (AvgIpc) is 2.04. The van der Waals surface area contributed by atoms with Gasteiger partial charge in [-0.25, -0.2) is 0 Å². The molecule has 72 valence electrons. The number of benzene rings is 1. The molecule has 0 amide bonds. The van der Waals surface area contributed by atoms with E-state index in [1.807, 2.05) is 0 Å². The smallest absolute Gasteiger partial charge is 0.144 e. The van der Waals surface area contributed by atoms with Crippen LogP contribution in [0.5, 0.6) is 5.75 Å². The SMILES string of the molecule is CN(C)C(C)(O)c1ccccc1O. The van der Waals surface area contributed by atoms with Crippen LogP contribution in [0.25, 0.3) is 0 Å². The van der Waals surface area contributed by atoms with Gasteiger partial charge in [0.2, 0.25) is 0 Å². The predicted molar refractivity (Wildman–Crippen MR) is 51.4 cm³/mol. The molecule has 3 heteroatoms. The highest BCUT2D eigenvalue weighted by atomic mass is 16.3. The highest BCUT2D eigenvalue weighted by molar-refractivity contribution is 5.35. The Bertz CT molecular complexity index is 295. The Morgan fingerprint density at radius 3 is 2.23 bits per heavy atom. The fourth-order valence-corrected chi connectivity index (χ4v) is 1.12. The van der Waals surface area contributed by atoms with Gasteiger partial charge in [-0.2, -0.15) is 0 Å². The van der Waals surface area contributed by atoms with Crippen molar-refractivity contribution in [3.63, 3.8) is 0 Å². The molecule has 13 heavy (non-hydrogen) atoms. The molecule has 0 aromatic heterocycles. The van der Waals surface area contributed by atoms with Gasteiger partial charge in [0.15, 0.2) is 0 Å². The van der Waals surface area contributed by atoms with E-state index < -0.39 is 5.72 Å². The normalized spacial score (nSPS) is 15.8. The molecule has 0 radical (unpaired) electrons. The van der Waals surface area contributed by atoms with Crippen LogP contribution in [0.1, 0.15) is 12.5 Å². The fraction of sp³-hybridized carbons (Fsp3) is 0.400. The Morgan fingerprint density at radius 2 is 1.77 bits per heavy atom. The number of phenols is 1. The lowest BCUT2D eigenvalue weighted by Gasteiger charge is -2.31. The Labute approximate surface area is 78.2 Å². The zero-order chi connectivity index (χ0) is 10.1. The van der Waals surface area contributed by atoms with E-state index in [-0.39, 0.29) is 5.75 Å². The molecule has 1 rings (SSSR count). The fourth-order valence-electron chi connectivity index (χ4n) is 1.12. The minimum absolute atomic E-state index is 0.112. The van der Waals surface area contributed by atoms with E-state index >= 15 is 0 Å². The Hall–Kier alpha value is -1.06. The van der Waals surface area contributed by atoms with Gasteiger partial charge in [0.05, 0.1) is 0 Å². The molecule has 0 aliphatic heterocycles. The summed E-state index contributed by atoms with van der Waals surface area (Å²) < 4.78 is 0. The number of para-hydroxylation sites is 1. The molecule has 0 saturated heterocycles. The van der Waals surface area contributed by atoms with Crippen LogP contribution in [0.3, 0.4) is 0 Å². The molecule has 0 aliphatic carbocycles. The molecule has 0 heterocycles. The van der Waals surface area contributed by atoms with Crippen molar-refractivity contribution >= 4 is 0 Å². The summed E-state index contributed by atoms with van der Waals surface area (Å²) in [5, 5.41) is 19.5. The van der Waals surface area contributed by atoms with Crippen molar-refractivity contribution < 1.29 is 10.2 Å². The predicted octanol–water partition coefficient (Wildman–Crippen LogP) is 1.12. The van der Waals surface area contributed by atoms with Crippen molar-refractivity contribution in [3.05, 3.63) is 29.8 Å². The summed E-state index contributed by atoms with van der Waals surface area (Å²) in [7, 11) is 3.51. The van der Waals surface area contributed by atoms with Crippen LogP contribution in [0.2, 0.25) is 0 Å². The topological polar surface area (TPSA) is 43.7 Å². The summed E-state index contributed by atoms with van der Waals surface area (Å²) in [5.41, 5.74) is -0.620. The first-order valence-electron chi connectivity index (χ1n) is 4.14. The maximum Gasteiger partial charge on any atom is 0.144 e. The lowest BCUT2D eigenvalue weighted by atomic mass is 10.0. The molecule has 3 nitrogen and oxygen atoms in total. The zero-order valence-corrected chi connectivity index (χ0v) is 8.15. The maximum atomic E-state index is 10.0. The first-order chi connectivity index (χ1) is 5.96. The molecule has 0 aliphatic rings. The van der Waals surface area contributed by atoms with E-state index in [0.717, 1.165) is 0 Å². The molecule has 0 fully saturated rings. The van der Waals surface area contributed by atoms with Gasteiger partial charge in [0.1, 0.15) is 11.5 Å². The van der Waals surface area contributed by atoms with Gasteiger partial charge in [0.25, 0.3) is 0 Å². The molecule has 1 aromatic rings.